The van der Waals surface area contributed by atoms with Gasteiger partial charge >= 0.3 is 6.18 Å². The molecule has 0 saturated carbocycles. The zero-order valence-electron chi connectivity index (χ0n) is 19.1. The van der Waals surface area contributed by atoms with E-state index in [-0.39, 0.29) is 33.1 Å². The second-order valence-corrected chi connectivity index (χ2v) is 9.83. The molecule has 0 amide bonds. The van der Waals surface area contributed by atoms with E-state index in [4.69, 9.17) is 0 Å². The summed E-state index contributed by atoms with van der Waals surface area (Å²) in [5, 5.41) is 8.36. The number of hydrogen-bond acceptors (Lipinski definition) is 2. The van der Waals surface area contributed by atoms with Crippen molar-refractivity contribution in [2.24, 2.45) is 0 Å². The molecular weight excluding hydrogens is 567 g/mol. The largest absolute Gasteiger partial charge is 0.432 e. The molecule has 0 aliphatic carbocycles. The number of rotatable bonds is 5. The van der Waals surface area contributed by atoms with Gasteiger partial charge in [0.1, 0.15) is 11.4 Å². The molecule has 3 nitrogen and oxygen atoms in total. The molecule has 3 aromatic carbocycles. The number of alkyl halides is 3. The topological polar surface area (TPSA) is 41.6 Å². The number of benzene rings is 3. The third-order valence-electron chi connectivity index (χ3n) is 5.13. The number of aromatic amines is 1. The molecule has 0 saturated heterocycles. The van der Waals surface area contributed by atoms with Crippen molar-refractivity contribution >= 4 is 18.5 Å². The molecule has 2 aromatic heterocycles. The maximum atomic E-state index is 12.2. The molecule has 0 bridgehead atoms. The van der Waals surface area contributed by atoms with Gasteiger partial charge in [-0.1, -0.05) is 97.1 Å². The normalized spacial score (nSPS) is 10.8. The first-order valence-corrected chi connectivity index (χ1v) is 12.5. The average Bonchev–Trinajstić information content (AvgIpc) is 3.41. The molecule has 0 radical (unpaired) electrons. The minimum atomic E-state index is -4.40. The maximum absolute atomic E-state index is 12.2. The quantitative estimate of drug-likeness (QED) is 0.181. The molecule has 1 N–H and O–H groups in total. The van der Waals surface area contributed by atoms with Crippen LogP contribution in [0, 0.1) is 0 Å². The minimum absolute atomic E-state index is 0. The van der Waals surface area contributed by atoms with Crippen LogP contribution < -0.4 is 10.6 Å². The molecule has 5 aromatic rings. The number of H-pyrrole nitrogens is 1. The van der Waals surface area contributed by atoms with Crippen LogP contribution in [-0.2, 0) is 31.8 Å². The standard InChI is InChI=1S/C19H17P.C9H6F3N3.Ru/c1-4-10-17(11-5-1)16-20(18-12-6-2-7-13-18)19-14-8-3-9-15-19;10-9(11,12)8-5-7(14-15-8)6-3-1-2-4-13-6;/h1-15H,16H2;1-5H,(H,14,15);. The number of nitrogens with zero attached hydrogens (tertiary/aromatic N) is 2. The molecular formula is C28H23F3N3PRu. The summed E-state index contributed by atoms with van der Waals surface area (Å²) in [6.45, 7) is 0. The summed E-state index contributed by atoms with van der Waals surface area (Å²) in [5.41, 5.74) is 1.13. The Balaban J connectivity index is 0.000000203. The monoisotopic (exact) mass is 591 g/mol. The average molecular weight is 591 g/mol. The summed E-state index contributed by atoms with van der Waals surface area (Å²) in [4.78, 5) is 3.89. The Morgan fingerprint density at radius 1 is 0.667 bits per heavy atom. The smallest absolute Gasteiger partial charge is 0.273 e. The molecule has 0 unspecified atom stereocenters. The van der Waals surface area contributed by atoms with E-state index in [9.17, 15) is 13.2 Å². The minimum Gasteiger partial charge on any atom is -0.273 e. The van der Waals surface area contributed by atoms with Crippen LogP contribution in [0.25, 0.3) is 11.4 Å². The molecule has 184 valence electrons. The fraction of sp³-hybridized carbons (Fsp3) is 0.0714. The van der Waals surface area contributed by atoms with Gasteiger partial charge in [-0.15, -0.1) is 0 Å². The van der Waals surface area contributed by atoms with Gasteiger partial charge in [-0.2, -0.15) is 18.3 Å². The van der Waals surface area contributed by atoms with Gasteiger partial charge < -0.3 is 0 Å². The van der Waals surface area contributed by atoms with Crippen LogP contribution in [0.4, 0.5) is 13.2 Å². The zero-order valence-corrected chi connectivity index (χ0v) is 21.7. The van der Waals surface area contributed by atoms with Crippen LogP contribution in [0.1, 0.15) is 11.3 Å². The van der Waals surface area contributed by atoms with E-state index in [0.717, 1.165) is 12.2 Å². The van der Waals surface area contributed by atoms with Crippen LogP contribution >= 0.6 is 7.92 Å². The van der Waals surface area contributed by atoms with Gasteiger partial charge in [0.25, 0.3) is 0 Å². The van der Waals surface area contributed by atoms with Crippen LogP contribution in [-0.4, -0.2) is 15.2 Å². The molecule has 0 aliphatic rings. The van der Waals surface area contributed by atoms with Crippen molar-refractivity contribution in [1.29, 1.82) is 0 Å². The van der Waals surface area contributed by atoms with Gasteiger partial charge in [0.05, 0.1) is 5.69 Å². The molecule has 2 heterocycles. The molecule has 0 fully saturated rings. The van der Waals surface area contributed by atoms with Gasteiger partial charge in [-0.25, -0.2) is 0 Å². The van der Waals surface area contributed by atoms with Crippen LogP contribution in [0.2, 0.25) is 0 Å². The van der Waals surface area contributed by atoms with Crippen LogP contribution in [0.15, 0.2) is 121 Å². The van der Waals surface area contributed by atoms with Crippen molar-refractivity contribution < 1.29 is 32.6 Å². The molecule has 0 spiro atoms. The number of hydrogen-bond donors (Lipinski definition) is 1. The van der Waals surface area contributed by atoms with E-state index < -0.39 is 11.9 Å². The van der Waals surface area contributed by atoms with Gasteiger partial charge in [-0.05, 0) is 42.3 Å². The summed E-state index contributed by atoms with van der Waals surface area (Å²) in [6.07, 6.45) is -1.80. The Bertz CT molecular complexity index is 1260. The number of nitrogens with one attached hydrogen (secondary N) is 1. The van der Waals surface area contributed by atoms with Crippen molar-refractivity contribution in [3.05, 3.63) is 133 Å². The van der Waals surface area contributed by atoms with Crippen molar-refractivity contribution in [2.75, 3.05) is 0 Å². The summed E-state index contributed by atoms with van der Waals surface area (Å²) in [7, 11) is -0.327. The van der Waals surface area contributed by atoms with E-state index in [1.165, 1.54) is 22.4 Å². The number of halogens is 3. The van der Waals surface area contributed by atoms with Crippen LogP contribution in [0.5, 0.6) is 0 Å². The second kappa shape index (κ2) is 13.2. The van der Waals surface area contributed by atoms with E-state index >= 15 is 0 Å². The molecule has 36 heavy (non-hydrogen) atoms. The van der Waals surface area contributed by atoms with Crippen molar-refractivity contribution in [2.45, 2.75) is 12.3 Å². The van der Waals surface area contributed by atoms with E-state index in [1.54, 1.807) is 18.2 Å². The van der Waals surface area contributed by atoms with Gasteiger partial charge in [-0.3, -0.25) is 10.1 Å². The van der Waals surface area contributed by atoms with Crippen molar-refractivity contribution in [1.82, 2.24) is 15.2 Å². The Kier molecular flexibility index (Phi) is 10.1. The Hall–Kier alpha value is -3.14. The van der Waals surface area contributed by atoms with Gasteiger partial charge in [0.15, 0.2) is 0 Å². The molecule has 5 rings (SSSR count). The Labute approximate surface area is 222 Å². The fourth-order valence-electron chi connectivity index (χ4n) is 3.43. The summed E-state index contributed by atoms with van der Waals surface area (Å²) < 4.78 is 36.7. The molecule has 0 aliphatic heterocycles. The van der Waals surface area contributed by atoms with E-state index in [1.807, 2.05) is 5.10 Å². The van der Waals surface area contributed by atoms with Gasteiger partial charge in [0, 0.05) is 31.8 Å². The first-order valence-electron chi connectivity index (χ1n) is 11.0. The zero-order chi connectivity index (χ0) is 24.5. The van der Waals surface area contributed by atoms with Gasteiger partial charge in [0.2, 0.25) is 0 Å². The van der Waals surface area contributed by atoms with Crippen LogP contribution in [0.3, 0.4) is 0 Å². The fourth-order valence-corrected chi connectivity index (χ4v) is 5.73. The number of aromatic nitrogens is 3. The second-order valence-electron chi connectivity index (χ2n) is 7.62. The molecule has 8 heteroatoms. The maximum Gasteiger partial charge on any atom is 0.432 e. The first-order chi connectivity index (χ1) is 17.0. The summed E-state index contributed by atoms with van der Waals surface area (Å²) in [6, 6.07) is 38.4. The van der Waals surface area contributed by atoms with E-state index in [0.29, 0.717) is 5.69 Å². The SMILES string of the molecule is FC(F)(F)c1cc(-c2ccccn2)n[nH]1.[Ru].c1ccc(CP(c2ccccc2)c2ccccc2)cc1. The third kappa shape index (κ3) is 7.68. The third-order valence-corrected chi connectivity index (χ3v) is 7.65. The summed E-state index contributed by atoms with van der Waals surface area (Å²) in [5.74, 6) is 0. The predicted octanol–water partition coefficient (Wildman–Crippen LogP) is 6.81. The van der Waals surface area contributed by atoms with Crippen molar-refractivity contribution in [3.8, 4) is 11.4 Å². The Morgan fingerprint density at radius 2 is 1.19 bits per heavy atom. The number of pyridine rings is 1. The Morgan fingerprint density at radius 3 is 1.67 bits per heavy atom. The molecule has 0 atom stereocenters. The van der Waals surface area contributed by atoms with Crippen molar-refractivity contribution in [3.63, 3.8) is 0 Å². The predicted molar refractivity (Wildman–Crippen MR) is 136 cm³/mol. The van der Waals surface area contributed by atoms with E-state index in [2.05, 4.69) is 101 Å². The first kappa shape index (κ1) is 27.5. The summed E-state index contributed by atoms with van der Waals surface area (Å²) >= 11 is 0.